The molecule has 1 rings (SSSR count). The Morgan fingerprint density at radius 2 is 2.27 bits per heavy atom. The zero-order valence-corrected chi connectivity index (χ0v) is 9.67. The molecule has 0 aromatic heterocycles. The maximum Gasteiger partial charge on any atom is 0.218 e. The third kappa shape index (κ3) is 5.14. The van der Waals surface area contributed by atoms with Gasteiger partial charge in [0.1, 0.15) is 0 Å². The monoisotopic (exact) mass is 213 g/mol. The summed E-state index contributed by atoms with van der Waals surface area (Å²) in [6, 6.07) is 0.722. The predicted octanol–water partition coefficient (Wildman–Crippen LogP) is 0.326. The molecule has 88 valence electrons. The van der Waals surface area contributed by atoms with Gasteiger partial charge in [0.05, 0.1) is 0 Å². The fourth-order valence-corrected chi connectivity index (χ4v) is 2.11. The molecule has 4 heteroatoms. The first-order chi connectivity index (χ1) is 7.20. The minimum Gasteiger partial charge on any atom is -0.370 e. The van der Waals surface area contributed by atoms with Crippen LogP contribution in [0.2, 0.25) is 0 Å². The van der Waals surface area contributed by atoms with E-state index in [1.54, 1.807) is 0 Å². The van der Waals surface area contributed by atoms with E-state index >= 15 is 0 Å². The minimum atomic E-state index is -0.225. The fraction of sp³-hybridized carbons (Fsp3) is 0.909. The smallest absolute Gasteiger partial charge is 0.218 e. The van der Waals surface area contributed by atoms with Crippen LogP contribution in [0.5, 0.6) is 0 Å². The lowest BCUT2D eigenvalue weighted by molar-refractivity contribution is -0.117. The van der Waals surface area contributed by atoms with Crippen LogP contribution in [0.1, 0.15) is 32.1 Å². The minimum absolute atomic E-state index is 0.225. The molecule has 0 aliphatic carbocycles. The number of hydrogen-bond donors (Lipinski definition) is 2. The van der Waals surface area contributed by atoms with Gasteiger partial charge in [-0.2, -0.15) is 0 Å². The van der Waals surface area contributed by atoms with Gasteiger partial charge >= 0.3 is 0 Å². The first-order valence-corrected chi connectivity index (χ1v) is 5.89. The first-order valence-electron chi connectivity index (χ1n) is 5.89. The van der Waals surface area contributed by atoms with Crippen LogP contribution in [-0.2, 0) is 4.79 Å². The van der Waals surface area contributed by atoms with Gasteiger partial charge < -0.3 is 16.0 Å². The summed E-state index contributed by atoms with van der Waals surface area (Å²) < 4.78 is 0. The van der Waals surface area contributed by atoms with Crippen molar-refractivity contribution >= 4 is 5.91 Å². The SMILES string of the molecule is CN1CCCCC1CCNCCC(N)=O. The Morgan fingerprint density at radius 3 is 2.93 bits per heavy atom. The van der Waals surface area contributed by atoms with E-state index in [9.17, 15) is 4.79 Å². The molecule has 0 radical (unpaired) electrons. The summed E-state index contributed by atoms with van der Waals surface area (Å²) in [5, 5.41) is 3.26. The number of likely N-dealkylation sites (tertiary alicyclic amines) is 1. The highest BCUT2D eigenvalue weighted by Crippen LogP contribution is 2.16. The van der Waals surface area contributed by atoms with Crippen molar-refractivity contribution in [3.8, 4) is 0 Å². The molecule has 0 aromatic carbocycles. The molecule has 0 spiro atoms. The van der Waals surface area contributed by atoms with Crippen LogP contribution in [-0.4, -0.2) is 43.5 Å². The van der Waals surface area contributed by atoms with Gasteiger partial charge in [-0.1, -0.05) is 6.42 Å². The highest BCUT2D eigenvalue weighted by Gasteiger charge is 2.17. The Morgan fingerprint density at radius 1 is 1.47 bits per heavy atom. The van der Waals surface area contributed by atoms with Gasteiger partial charge in [-0.15, -0.1) is 0 Å². The van der Waals surface area contributed by atoms with Crippen LogP contribution < -0.4 is 11.1 Å². The Balaban J connectivity index is 2.01. The van der Waals surface area contributed by atoms with Crippen LogP contribution in [0.3, 0.4) is 0 Å². The summed E-state index contributed by atoms with van der Waals surface area (Å²) in [6.45, 7) is 2.93. The number of carbonyl (C=O) groups is 1. The van der Waals surface area contributed by atoms with Crippen LogP contribution in [0.15, 0.2) is 0 Å². The number of nitrogens with two attached hydrogens (primary N) is 1. The van der Waals surface area contributed by atoms with E-state index in [0.717, 1.165) is 12.6 Å². The van der Waals surface area contributed by atoms with Crippen molar-refractivity contribution in [2.24, 2.45) is 5.73 Å². The van der Waals surface area contributed by atoms with E-state index in [4.69, 9.17) is 5.73 Å². The van der Waals surface area contributed by atoms with E-state index < -0.39 is 0 Å². The van der Waals surface area contributed by atoms with Crippen molar-refractivity contribution < 1.29 is 4.79 Å². The molecule has 0 bridgehead atoms. The van der Waals surface area contributed by atoms with Crippen molar-refractivity contribution in [1.82, 2.24) is 10.2 Å². The zero-order valence-electron chi connectivity index (χ0n) is 9.67. The maximum absolute atomic E-state index is 10.5. The van der Waals surface area contributed by atoms with Gasteiger partial charge in [-0.25, -0.2) is 0 Å². The van der Waals surface area contributed by atoms with Crippen molar-refractivity contribution in [2.75, 3.05) is 26.7 Å². The number of nitrogens with zero attached hydrogens (tertiary/aromatic N) is 1. The van der Waals surface area contributed by atoms with Gasteiger partial charge in [0.2, 0.25) is 5.91 Å². The van der Waals surface area contributed by atoms with E-state index in [1.165, 1.54) is 32.2 Å². The second kappa shape index (κ2) is 6.80. The molecule has 15 heavy (non-hydrogen) atoms. The van der Waals surface area contributed by atoms with Crippen LogP contribution in [0.4, 0.5) is 0 Å². The predicted molar refractivity (Wildman–Crippen MR) is 61.6 cm³/mol. The molecule has 1 aliphatic heterocycles. The summed E-state index contributed by atoms with van der Waals surface area (Å²) in [4.78, 5) is 12.9. The van der Waals surface area contributed by atoms with Crippen LogP contribution in [0, 0.1) is 0 Å². The van der Waals surface area contributed by atoms with Crippen molar-refractivity contribution in [1.29, 1.82) is 0 Å². The summed E-state index contributed by atoms with van der Waals surface area (Å²) in [5.74, 6) is -0.225. The molecule has 1 unspecified atom stereocenters. The highest BCUT2D eigenvalue weighted by atomic mass is 16.1. The third-order valence-corrected chi connectivity index (χ3v) is 3.12. The number of piperidine rings is 1. The van der Waals surface area contributed by atoms with Gasteiger partial charge in [-0.3, -0.25) is 4.79 Å². The topological polar surface area (TPSA) is 58.4 Å². The van der Waals surface area contributed by atoms with Crippen LogP contribution in [0.25, 0.3) is 0 Å². The average molecular weight is 213 g/mol. The molecule has 3 N–H and O–H groups in total. The number of carbonyl (C=O) groups excluding carboxylic acids is 1. The molecule has 1 saturated heterocycles. The van der Waals surface area contributed by atoms with Gasteiger partial charge in [0.15, 0.2) is 0 Å². The normalized spacial score (nSPS) is 22.9. The Labute approximate surface area is 92.2 Å². The van der Waals surface area contributed by atoms with Gasteiger partial charge in [0.25, 0.3) is 0 Å². The zero-order chi connectivity index (χ0) is 11.1. The standard InChI is InChI=1S/C11H23N3O/c1-14-9-3-2-4-10(14)5-7-13-8-6-11(12)15/h10,13H,2-9H2,1H3,(H2,12,15). The first kappa shape index (κ1) is 12.5. The van der Waals surface area contributed by atoms with Gasteiger partial charge in [0, 0.05) is 19.0 Å². The average Bonchev–Trinajstić information content (AvgIpc) is 2.20. The quantitative estimate of drug-likeness (QED) is 0.625. The molecule has 1 amide bonds. The number of hydrogen-bond acceptors (Lipinski definition) is 3. The Kier molecular flexibility index (Phi) is 5.65. The molecule has 0 aromatic rings. The number of nitrogens with one attached hydrogen (secondary N) is 1. The van der Waals surface area contributed by atoms with Gasteiger partial charge in [-0.05, 0) is 39.4 Å². The number of amides is 1. The van der Waals surface area contributed by atoms with Crippen molar-refractivity contribution in [3.05, 3.63) is 0 Å². The molecule has 1 atom stereocenters. The van der Waals surface area contributed by atoms with E-state index in [-0.39, 0.29) is 5.91 Å². The third-order valence-electron chi connectivity index (χ3n) is 3.12. The number of rotatable bonds is 6. The fourth-order valence-electron chi connectivity index (χ4n) is 2.11. The lowest BCUT2D eigenvalue weighted by Crippen LogP contribution is -2.38. The second-order valence-corrected chi connectivity index (χ2v) is 4.39. The number of primary amides is 1. The van der Waals surface area contributed by atoms with Crippen molar-refractivity contribution in [3.63, 3.8) is 0 Å². The largest absolute Gasteiger partial charge is 0.370 e. The lowest BCUT2D eigenvalue weighted by Gasteiger charge is -2.32. The highest BCUT2D eigenvalue weighted by molar-refractivity contribution is 5.73. The molecule has 1 fully saturated rings. The second-order valence-electron chi connectivity index (χ2n) is 4.39. The molecule has 4 nitrogen and oxygen atoms in total. The maximum atomic E-state index is 10.5. The summed E-state index contributed by atoms with van der Waals surface area (Å²) in [6.07, 6.45) is 5.63. The molecule has 1 aliphatic rings. The van der Waals surface area contributed by atoms with E-state index in [1.807, 2.05) is 0 Å². The molecular weight excluding hydrogens is 190 g/mol. The summed E-state index contributed by atoms with van der Waals surface area (Å²) in [5.41, 5.74) is 5.05. The van der Waals surface area contributed by atoms with Crippen LogP contribution >= 0.6 is 0 Å². The Bertz CT molecular complexity index is 196. The van der Waals surface area contributed by atoms with E-state index in [2.05, 4.69) is 17.3 Å². The Hall–Kier alpha value is -0.610. The molecule has 0 saturated carbocycles. The molecule has 1 heterocycles. The summed E-state index contributed by atoms with van der Waals surface area (Å²) in [7, 11) is 2.20. The summed E-state index contributed by atoms with van der Waals surface area (Å²) >= 11 is 0. The lowest BCUT2D eigenvalue weighted by atomic mass is 10.0. The van der Waals surface area contributed by atoms with E-state index in [0.29, 0.717) is 13.0 Å². The van der Waals surface area contributed by atoms with Crippen molar-refractivity contribution in [2.45, 2.75) is 38.1 Å². The molecular formula is C11H23N3O.